The number of nitrogens with zero attached hydrogens (tertiary/aromatic N) is 3. The molecule has 1 aliphatic rings. The van der Waals surface area contributed by atoms with Gasteiger partial charge in [-0.25, -0.2) is 4.99 Å². The molecule has 0 bridgehead atoms. The molecule has 4 nitrogen and oxygen atoms in total. The zero-order chi connectivity index (χ0) is 18.2. The van der Waals surface area contributed by atoms with Crippen LogP contribution in [0.1, 0.15) is 63.3 Å². The molecule has 0 saturated carbocycles. The molecular weight excluding hydrogens is 332 g/mol. The van der Waals surface area contributed by atoms with Crippen molar-refractivity contribution >= 4 is 23.1 Å². The highest BCUT2D eigenvalue weighted by atomic mass is 35.5. The molecule has 0 aliphatic carbocycles. The predicted octanol–water partition coefficient (Wildman–Crippen LogP) is 5.52. The number of fused-ring (bicyclic) bond motifs is 1. The molecule has 1 aromatic heterocycles. The molecule has 1 N–H and O–H groups in total. The smallest absolute Gasteiger partial charge is 0.177 e. The number of rotatable bonds is 3. The fourth-order valence-corrected chi connectivity index (χ4v) is 3.79. The molecule has 5 heteroatoms. The van der Waals surface area contributed by atoms with E-state index in [0.717, 1.165) is 35.4 Å². The fraction of sp³-hybridized carbons (Fsp3) is 0.450. The van der Waals surface area contributed by atoms with Gasteiger partial charge >= 0.3 is 0 Å². The van der Waals surface area contributed by atoms with E-state index in [9.17, 15) is 5.26 Å². The summed E-state index contributed by atoms with van der Waals surface area (Å²) in [5.74, 6) is 0.219. The van der Waals surface area contributed by atoms with Crippen LogP contribution in [0.15, 0.2) is 29.3 Å². The van der Waals surface area contributed by atoms with E-state index in [1.807, 2.05) is 24.3 Å². The van der Waals surface area contributed by atoms with Crippen molar-refractivity contribution in [2.45, 2.75) is 51.9 Å². The van der Waals surface area contributed by atoms with Crippen molar-refractivity contribution in [3.05, 3.63) is 46.1 Å². The molecule has 2 aromatic rings. The van der Waals surface area contributed by atoms with Crippen LogP contribution < -0.4 is 0 Å². The Morgan fingerprint density at radius 2 is 2.00 bits per heavy atom. The van der Waals surface area contributed by atoms with Gasteiger partial charge in [-0.15, -0.1) is 0 Å². The average molecular weight is 355 g/mol. The lowest BCUT2D eigenvalue weighted by Crippen LogP contribution is -2.27. The first-order chi connectivity index (χ1) is 11.9. The van der Waals surface area contributed by atoms with Gasteiger partial charge in [-0.2, -0.15) is 10.4 Å². The molecule has 1 aromatic carbocycles. The summed E-state index contributed by atoms with van der Waals surface area (Å²) >= 11 is 6.52. The van der Waals surface area contributed by atoms with Crippen LogP contribution in [0.5, 0.6) is 0 Å². The van der Waals surface area contributed by atoms with Crippen molar-refractivity contribution in [3.8, 4) is 6.07 Å². The first-order valence-electron chi connectivity index (χ1n) is 8.68. The molecule has 0 fully saturated rings. The van der Waals surface area contributed by atoms with Gasteiger partial charge in [0.1, 0.15) is 0 Å². The number of hydrogen-bond donors (Lipinski definition) is 1. The normalized spacial score (nSPS) is 19.9. The zero-order valence-electron chi connectivity index (χ0n) is 15.1. The van der Waals surface area contributed by atoms with Gasteiger partial charge in [0.05, 0.1) is 12.0 Å². The number of aromatic nitrogens is 2. The quantitative estimate of drug-likeness (QED) is 0.788. The van der Waals surface area contributed by atoms with Crippen molar-refractivity contribution in [3.63, 3.8) is 0 Å². The predicted molar refractivity (Wildman–Crippen MR) is 102 cm³/mol. The molecule has 2 unspecified atom stereocenters. The molecule has 2 heterocycles. The molecule has 25 heavy (non-hydrogen) atoms. The van der Waals surface area contributed by atoms with Crippen molar-refractivity contribution in [2.24, 2.45) is 10.9 Å². The number of aromatic amines is 1. The maximum Gasteiger partial charge on any atom is 0.177 e. The van der Waals surface area contributed by atoms with E-state index in [4.69, 9.17) is 16.6 Å². The van der Waals surface area contributed by atoms with Crippen molar-refractivity contribution < 1.29 is 0 Å². The lowest BCUT2D eigenvalue weighted by Gasteiger charge is -2.31. The lowest BCUT2D eigenvalue weighted by atomic mass is 9.73. The first-order valence-corrected chi connectivity index (χ1v) is 9.06. The van der Waals surface area contributed by atoms with Gasteiger partial charge in [0.15, 0.2) is 5.82 Å². The van der Waals surface area contributed by atoms with Crippen LogP contribution in [0.2, 0.25) is 5.02 Å². The van der Waals surface area contributed by atoms with Gasteiger partial charge < -0.3 is 0 Å². The highest BCUT2D eigenvalue weighted by Gasteiger charge is 2.40. The molecule has 130 valence electrons. The van der Waals surface area contributed by atoms with Crippen LogP contribution in [-0.2, 0) is 5.41 Å². The fourth-order valence-electron chi connectivity index (χ4n) is 3.54. The van der Waals surface area contributed by atoms with E-state index >= 15 is 0 Å². The number of nitriles is 1. The van der Waals surface area contributed by atoms with E-state index in [2.05, 4.69) is 44.0 Å². The minimum atomic E-state index is -0.328. The van der Waals surface area contributed by atoms with Crippen molar-refractivity contribution in [1.29, 1.82) is 5.26 Å². The van der Waals surface area contributed by atoms with E-state index in [1.165, 1.54) is 0 Å². The van der Waals surface area contributed by atoms with E-state index in [-0.39, 0.29) is 17.3 Å². The Kier molecular flexibility index (Phi) is 4.71. The first kappa shape index (κ1) is 17.7. The van der Waals surface area contributed by atoms with Crippen molar-refractivity contribution in [1.82, 2.24) is 10.2 Å². The number of benzene rings is 1. The Bertz CT molecular complexity index is 851. The summed E-state index contributed by atoms with van der Waals surface area (Å²) in [6, 6.07) is 10.3. The van der Waals surface area contributed by atoms with Crippen LogP contribution in [0.25, 0.3) is 0 Å². The monoisotopic (exact) mass is 354 g/mol. The highest BCUT2D eigenvalue weighted by Crippen LogP contribution is 2.47. The third kappa shape index (κ3) is 3.09. The molecular formula is C20H23ClN4. The van der Waals surface area contributed by atoms with E-state index in [0.29, 0.717) is 10.8 Å². The summed E-state index contributed by atoms with van der Waals surface area (Å²) in [6.45, 7) is 8.51. The van der Waals surface area contributed by atoms with Crippen LogP contribution in [0.4, 0.5) is 5.82 Å². The number of halogens is 1. The van der Waals surface area contributed by atoms with E-state index in [1.54, 1.807) is 0 Å². The van der Waals surface area contributed by atoms with Crippen LogP contribution >= 0.6 is 11.6 Å². The maximum absolute atomic E-state index is 9.96. The van der Waals surface area contributed by atoms with Gasteiger partial charge in [0, 0.05) is 33.3 Å². The molecule has 0 radical (unpaired) electrons. The Morgan fingerprint density at radius 3 is 2.60 bits per heavy atom. The summed E-state index contributed by atoms with van der Waals surface area (Å²) < 4.78 is 0. The Morgan fingerprint density at radius 1 is 1.28 bits per heavy atom. The maximum atomic E-state index is 9.96. The molecule has 2 atom stereocenters. The summed E-state index contributed by atoms with van der Waals surface area (Å²) in [6.07, 6.45) is 1.73. The zero-order valence-corrected chi connectivity index (χ0v) is 15.9. The minimum Gasteiger partial charge on any atom is -0.280 e. The van der Waals surface area contributed by atoms with Crippen LogP contribution in [0, 0.1) is 17.2 Å². The Hall–Kier alpha value is -2.12. The second kappa shape index (κ2) is 6.65. The highest BCUT2D eigenvalue weighted by molar-refractivity contribution is 6.31. The summed E-state index contributed by atoms with van der Waals surface area (Å²) in [5, 5.41) is 18.3. The number of H-pyrrole nitrogens is 1. The molecule has 3 rings (SSSR count). The van der Waals surface area contributed by atoms with Gasteiger partial charge in [0.2, 0.25) is 0 Å². The standard InChI is InChI=1S/C20H23ClN4/c1-5-8-15-13(11-22)16(12-9-6-7-10-14(12)21)17-18(20(2,3)4)24-25-19(17)23-15/h6-7,9-10,13,16H,5,8H2,1-4H3,(H,24,25). The lowest BCUT2D eigenvalue weighted by molar-refractivity contribution is 0.550. The van der Waals surface area contributed by atoms with Gasteiger partial charge in [-0.05, 0) is 18.1 Å². The second-order valence-electron chi connectivity index (χ2n) is 7.54. The molecule has 0 amide bonds. The average Bonchev–Trinajstić information content (AvgIpc) is 2.98. The topological polar surface area (TPSA) is 64.8 Å². The molecule has 0 spiro atoms. The van der Waals surface area contributed by atoms with Gasteiger partial charge in [0.25, 0.3) is 0 Å². The van der Waals surface area contributed by atoms with Crippen molar-refractivity contribution in [2.75, 3.05) is 0 Å². The summed E-state index contributed by atoms with van der Waals surface area (Å²) in [4.78, 5) is 4.74. The van der Waals surface area contributed by atoms with Crippen LogP contribution in [0.3, 0.4) is 0 Å². The third-order valence-corrected chi connectivity index (χ3v) is 5.02. The number of aliphatic imine (C=N–C) groups is 1. The summed E-state index contributed by atoms with van der Waals surface area (Å²) in [7, 11) is 0. The Balaban J connectivity index is 2.29. The Labute approximate surface area is 153 Å². The SMILES string of the molecule is CCCC1=Nc2n[nH]c(C(C)(C)C)c2C(c2ccccc2Cl)C1C#N. The second-order valence-corrected chi connectivity index (χ2v) is 7.95. The minimum absolute atomic E-state index is 0.127. The van der Waals surface area contributed by atoms with E-state index < -0.39 is 0 Å². The molecule has 0 saturated heterocycles. The van der Waals surface area contributed by atoms with Gasteiger partial charge in [-0.3, -0.25) is 5.10 Å². The van der Waals surface area contributed by atoms with Crippen LogP contribution in [-0.4, -0.2) is 15.9 Å². The third-order valence-electron chi connectivity index (χ3n) is 4.67. The number of hydrogen-bond acceptors (Lipinski definition) is 3. The molecule has 1 aliphatic heterocycles. The number of nitrogens with one attached hydrogen (secondary N) is 1. The van der Waals surface area contributed by atoms with Gasteiger partial charge in [-0.1, -0.05) is 63.9 Å². The summed E-state index contributed by atoms with van der Waals surface area (Å²) in [5.41, 5.74) is 3.76. The largest absolute Gasteiger partial charge is 0.280 e.